The van der Waals surface area contributed by atoms with Gasteiger partial charge in [-0.3, -0.25) is 4.79 Å². The molecule has 1 atom stereocenters. The first-order valence-electron chi connectivity index (χ1n) is 9.98. The Morgan fingerprint density at radius 1 is 1.26 bits per heavy atom. The second kappa shape index (κ2) is 7.73. The molecule has 0 spiro atoms. The maximum Gasteiger partial charge on any atom is 0.293 e. The molecule has 1 aromatic heterocycles. The molecule has 0 fully saturated rings. The fourth-order valence-corrected chi connectivity index (χ4v) is 4.34. The molecule has 2 aliphatic rings. The summed E-state index contributed by atoms with van der Waals surface area (Å²) in [5, 5.41) is 18.0. The number of thioether (sulfide) groups is 1. The quantitative estimate of drug-likeness (QED) is 0.459. The summed E-state index contributed by atoms with van der Waals surface area (Å²) in [4.78, 5) is 19.2. The van der Waals surface area contributed by atoms with Gasteiger partial charge in [0.2, 0.25) is 12.7 Å². The molecule has 0 radical (unpaired) electrons. The van der Waals surface area contributed by atoms with Gasteiger partial charge in [0.05, 0.1) is 17.1 Å². The predicted molar refractivity (Wildman–Crippen MR) is 112 cm³/mol. The number of anilines is 1. The van der Waals surface area contributed by atoms with Gasteiger partial charge in [-0.2, -0.15) is 0 Å². The minimum atomic E-state index is -0.653. The summed E-state index contributed by atoms with van der Waals surface area (Å²) < 4.78 is 12.6. The van der Waals surface area contributed by atoms with E-state index in [1.54, 1.807) is 9.58 Å². The third kappa shape index (κ3) is 3.16. The van der Waals surface area contributed by atoms with Gasteiger partial charge < -0.3 is 14.6 Å². The summed E-state index contributed by atoms with van der Waals surface area (Å²) >= 11 is 1.28. The highest BCUT2D eigenvalue weighted by atomic mass is 32.2. The van der Waals surface area contributed by atoms with Gasteiger partial charge in [-0.15, -0.1) is 0 Å². The van der Waals surface area contributed by atoms with E-state index in [0.717, 1.165) is 5.56 Å². The highest BCUT2D eigenvalue weighted by Gasteiger charge is 2.44. The van der Waals surface area contributed by atoms with Crippen molar-refractivity contribution in [2.45, 2.75) is 31.1 Å². The Balaban J connectivity index is 1.79. The van der Waals surface area contributed by atoms with Crippen LogP contribution < -0.4 is 24.2 Å². The molecule has 31 heavy (non-hydrogen) atoms. The van der Waals surface area contributed by atoms with E-state index < -0.39 is 6.17 Å². The average molecular weight is 436 g/mol. The lowest BCUT2D eigenvalue weighted by Gasteiger charge is -2.33. The van der Waals surface area contributed by atoms with Gasteiger partial charge in [-0.25, -0.2) is 9.88 Å². The van der Waals surface area contributed by atoms with Crippen LogP contribution in [-0.4, -0.2) is 29.0 Å². The number of rotatable bonds is 4. The van der Waals surface area contributed by atoms with Crippen molar-refractivity contribution >= 4 is 23.4 Å². The number of hydrogen-bond acceptors (Lipinski definition) is 7. The van der Waals surface area contributed by atoms with Crippen LogP contribution in [0.5, 0.6) is 17.4 Å². The van der Waals surface area contributed by atoms with Crippen molar-refractivity contribution < 1.29 is 24.1 Å². The first-order chi connectivity index (χ1) is 15.1. The van der Waals surface area contributed by atoms with E-state index in [2.05, 4.69) is 10.1 Å². The van der Waals surface area contributed by atoms with Gasteiger partial charge >= 0.3 is 0 Å². The summed E-state index contributed by atoms with van der Waals surface area (Å²) in [6.07, 6.45) is 2.24. The van der Waals surface area contributed by atoms with E-state index in [9.17, 15) is 9.90 Å². The normalized spacial score (nSPS) is 16.1. The lowest BCUT2D eigenvalue weighted by atomic mass is 10.0. The largest absolute Gasteiger partial charge is 0.854 e. The molecule has 0 saturated heterocycles. The van der Waals surface area contributed by atoms with E-state index in [1.807, 2.05) is 55.6 Å². The van der Waals surface area contributed by atoms with Crippen LogP contribution in [0.4, 0.5) is 5.69 Å². The van der Waals surface area contributed by atoms with Gasteiger partial charge in [-0.1, -0.05) is 35.5 Å². The molecule has 0 N–H and O–H groups in total. The zero-order valence-corrected chi connectivity index (χ0v) is 17.9. The molecule has 1 unspecified atom stereocenters. The number of carbonyl (C=O) groups is 1. The smallest absolute Gasteiger partial charge is 0.293 e. The molecule has 3 heterocycles. The highest BCUT2D eigenvalue weighted by molar-refractivity contribution is 7.98. The van der Waals surface area contributed by atoms with Gasteiger partial charge in [0, 0.05) is 17.1 Å². The molecule has 9 heteroatoms. The van der Waals surface area contributed by atoms with Crippen molar-refractivity contribution in [1.82, 2.24) is 10.1 Å². The summed E-state index contributed by atoms with van der Waals surface area (Å²) in [6.45, 7) is 2.12. The van der Waals surface area contributed by atoms with Crippen molar-refractivity contribution in [2.24, 2.45) is 0 Å². The number of fused-ring (bicyclic) bond motifs is 4. The Morgan fingerprint density at radius 2 is 2.06 bits per heavy atom. The molecule has 0 saturated carbocycles. The molecule has 2 aliphatic heterocycles. The van der Waals surface area contributed by atoms with Crippen LogP contribution in [0, 0.1) is 0 Å². The van der Waals surface area contributed by atoms with Gasteiger partial charge in [0.15, 0.2) is 11.5 Å². The van der Waals surface area contributed by atoms with Gasteiger partial charge in [-0.05, 0) is 43.0 Å². The van der Waals surface area contributed by atoms with Crippen LogP contribution >= 0.6 is 11.8 Å². The minimum absolute atomic E-state index is 0.0486. The van der Waals surface area contributed by atoms with Gasteiger partial charge in [0.1, 0.15) is 0 Å². The predicted octanol–water partition coefficient (Wildman–Crippen LogP) is 2.65. The number of ether oxygens (including phenoxy) is 2. The zero-order valence-electron chi connectivity index (χ0n) is 17.1. The molecular weight excluding hydrogens is 416 g/mol. The summed E-state index contributed by atoms with van der Waals surface area (Å²) in [5.41, 5.74) is 2.43. The lowest BCUT2D eigenvalue weighted by molar-refractivity contribution is -0.764. The number of para-hydroxylation sites is 1. The maximum absolute atomic E-state index is 13.4. The van der Waals surface area contributed by atoms with Crippen LogP contribution in [0.2, 0.25) is 0 Å². The Labute approximate surface area is 183 Å². The number of carbonyl (C=O) groups excluding carboxylic acids is 1. The number of nitrogens with zero attached hydrogens (tertiary/aromatic N) is 4. The van der Waals surface area contributed by atoms with Crippen LogP contribution in [0.1, 0.15) is 31.5 Å². The van der Waals surface area contributed by atoms with E-state index in [-0.39, 0.29) is 18.6 Å². The van der Waals surface area contributed by atoms with E-state index in [4.69, 9.17) is 9.47 Å². The number of aromatic nitrogens is 3. The number of amides is 1. The summed E-state index contributed by atoms with van der Waals surface area (Å²) in [6, 6.07) is 12.9. The van der Waals surface area contributed by atoms with Crippen molar-refractivity contribution in [3.8, 4) is 28.6 Å². The molecule has 8 nitrogen and oxygen atoms in total. The molecular formula is C22H20N4O4S. The van der Waals surface area contributed by atoms with Crippen LogP contribution in [0.3, 0.4) is 0 Å². The van der Waals surface area contributed by atoms with Crippen molar-refractivity contribution in [3.63, 3.8) is 0 Å². The molecule has 5 rings (SSSR count). The maximum atomic E-state index is 13.4. The van der Waals surface area contributed by atoms with E-state index in [1.165, 1.54) is 11.8 Å². The Bertz CT molecular complexity index is 1190. The molecule has 1 amide bonds. The second-order valence-electron chi connectivity index (χ2n) is 7.21. The molecule has 0 bridgehead atoms. The highest BCUT2D eigenvalue weighted by Crippen LogP contribution is 2.43. The third-order valence-electron chi connectivity index (χ3n) is 5.33. The number of hydrogen-bond donors (Lipinski definition) is 0. The van der Waals surface area contributed by atoms with Crippen LogP contribution in [-0.2, 0) is 4.79 Å². The average Bonchev–Trinajstić information content (AvgIpc) is 3.25. The Kier molecular flexibility index (Phi) is 4.90. The lowest BCUT2D eigenvalue weighted by Crippen LogP contribution is -2.59. The molecule has 2 aromatic carbocycles. The number of benzene rings is 2. The zero-order chi connectivity index (χ0) is 21.5. The van der Waals surface area contributed by atoms with Gasteiger partial charge in [0.25, 0.3) is 17.0 Å². The van der Waals surface area contributed by atoms with E-state index >= 15 is 0 Å². The van der Waals surface area contributed by atoms with Crippen molar-refractivity contribution in [1.29, 1.82) is 0 Å². The summed E-state index contributed by atoms with van der Waals surface area (Å²) in [7, 11) is 0. The molecule has 0 aliphatic carbocycles. The minimum Gasteiger partial charge on any atom is -0.854 e. The Hall–Kier alpha value is -3.33. The van der Waals surface area contributed by atoms with Crippen LogP contribution in [0.15, 0.2) is 47.6 Å². The third-order valence-corrected chi connectivity index (χ3v) is 5.87. The van der Waals surface area contributed by atoms with Crippen LogP contribution in [0.25, 0.3) is 11.3 Å². The second-order valence-corrected chi connectivity index (χ2v) is 7.99. The monoisotopic (exact) mass is 436 g/mol. The van der Waals surface area contributed by atoms with Crippen molar-refractivity contribution in [2.75, 3.05) is 17.9 Å². The Morgan fingerprint density at radius 3 is 2.87 bits per heavy atom. The molecule has 158 valence electrons. The fraction of sp³-hybridized carbons (Fsp3) is 0.273. The fourth-order valence-electron chi connectivity index (χ4n) is 4.00. The first kappa shape index (κ1) is 19.6. The topological polar surface area (TPSA) is 91.5 Å². The van der Waals surface area contributed by atoms with E-state index in [0.29, 0.717) is 46.4 Å². The molecule has 3 aromatic rings. The summed E-state index contributed by atoms with van der Waals surface area (Å²) in [5.74, 6) is 0.823. The SMILES string of the molecule is CCCC(=O)N1c2ccccc2-c2c([O-])nc(SC)n[n+]2C1c1ccc2c(c1)OCO2. The standard InChI is InChI=1S/C22H20N4O4S/c1-3-6-18(27)25-15-8-5-4-7-14(15)19-20(28)23-22(31-2)24-26(19)21(25)13-9-10-16-17(11-13)30-12-29-16/h4-5,7-11,21H,3,6,12H2,1-2H3. The first-order valence-corrected chi connectivity index (χ1v) is 11.2. The van der Waals surface area contributed by atoms with Crippen molar-refractivity contribution in [3.05, 3.63) is 48.0 Å².